The first-order chi connectivity index (χ1) is 9.79. The first-order valence-corrected chi connectivity index (χ1v) is 8.60. The SMILES string of the molecule is O=C1CS/C(=N/c2nnc(SCc3ccccc3)s2)N1. The zero-order chi connectivity index (χ0) is 13.8. The molecule has 3 rings (SSSR count). The van der Waals surface area contributed by atoms with Crippen LogP contribution < -0.4 is 5.32 Å². The fourth-order valence-electron chi connectivity index (χ4n) is 1.50. The third-order valence-electron chi connectivity index (χ3n) is 2.38. The van der Waals surface area contributed by atoms with Gasteiger partial charge in [-0.2, -0.15) is 4.99 Å². The molecular weight excluding hydrogens is 312 g/mol. The zero-order valence-corrected chi connectivity index (χ0v) is 12.7. The fourth-order valence-corrected chi connectivity index (χ4v) is 3.91. The van der Waals surface area contributed by atoms with Crippen LogP contribution in [0.3, 0.4) is 0 Å². The average Bonchev–Trinajstić information content (AvgIpc) is 3.08. The van der Waals surface area contributed by atoms with Gasteiger partial charge in [0.25, 0.3) is 0 Å². The van der Waals surface area contributed by atoms with E-state index < -0.39 is 0 Å². The number of thioether (sulfide) groups is 2. The van der Waals surface area contributed by atoms with Gasteiger partial charge in [0, 0.05) is 5.75 Å². The number of nitrogens with one attached hydrogen (secondary N) is 1. The van der Waals surface area contributed by atoms with E-state index in [4.69, 9.17) is 0 Å². The van der Waals surface area contributed by atoms with Gasteiger partial charge in [-0.25, -0.2) is 0 Å². The second-order valence-electron chi connectivity index (χ2n) is 3.88. The Morgan fingerprint density at radius 1 is 1.30 bits per heavy atom. The van der Waals surface area contributed by atoms with Crippen LogP contribution in [0.15, 0.2) is 39.7 Å². The normalized spacial score (nSPS) is 16.6. The Kier molecular flexibility index (Phi) is 4.34. The highest BCUT2D eigenvalue weighted by atomic mass is 32.2. The van der Waals surface area contributed by atoms with Crippen LogP contribution in [0, 0.1) is 0 Å². The highest BCUT2D eigenvalue weighted by Gasteiger charge is 2.17. The number of amidine groups is 1. The van der Waals surface area contributed by atoms with E-state index in [1.807, 2.05) is 18.2 Å². The number of carbonyl (C=O) groups excluding carboxylic acids is 1. The van der Waals surface area contributed by atoms with Gasteiger partial charge in [-0.15, -0.1) is 10.2 Å². The standard InChI is InChI=1S/C12H10N4OS3/c17-9-7-18-10(13-9)14-11-15-16-12(20-11)19-6-8-4-2-1-3-5-8/h1-5H,6-7H2,(H,13,14,15,17). The number of aliphatic imine (C=N–C) groups is 1. The number of nitrogens with zero attached hydrogens (tertiary/aromatic N) is 3. The topological polar surface area (TPSA) is 67.2 Å². The summed E-state index contributed by atoms with van der Waals surface area (Å²) in [6, 6.07) is 10.2. The lowest BCUT2D eigenvalue weighted by molar-refractivity contribution is -0.116. The summed E-state index contributed by atoms with van der Waals surface area (Å²) in [5.41, 5.74) is 1.25. The van der Waals surface area contributed by atoms with Gasteiger partial charge in [-0.1, -0.05) is 65.2 Å². The van der Waals surface area contributed by atoms with E-state index in [-0.39, 0.29) is 5.91 Å². The van der Waals surface area contributed by atoms with E-state index in [1.165, 1.54) is 28.7 Å². The molecule has 0 unspecified atom stereocenters. The Labute approximate surface area is 128 Å². The molecule has 5 nitrogen and oxygen atoms in total. The molecule has 0 radical (unpaired) electrons. The number of benzene rings is 1. The van der Waals surface area contributed by atoms with Gasteiger partial charge in [0.05, 0.1) is 5.75 Å². The van der Waals surface area contributed by atoms with Crippen LogP contribution in [0.5, 0.6) is 0 Å². The molecule has 102 valence electrons. The summed E-state index contributed by atoms with van der Waals surface area (Å²) in [4.78, 5) is 15.3. The van der Waals surface area contributed by atoms with Crippen molar-refractivity contribution in [2.75, 3.05) is 5.75 Å². The van der Waals surface area contributed by atoms with Crippen LogP contribution in [-0.4, -0.2) is 27.0 Å². The Bertz CT molecular complexity index is 641. The maximum absolute atomic E-state index is 11.1. The van der Waals surface area contributed by atoms with Crippen molar-refractivity contribution >= 4 is 51.1 Å². The molecule has 8 heteroatoms. The van der Waals surface area contributed by atoms with Gasteiger partial charge in [0.2, 0.25) is 11.0 Å². The molecule has 1 aliphatic rings. The molecule has 1 amide bonds. The van der Waals surface area contributed by atoms with Crippen molar-refractivity contribution in [2.45, 2.75) is 10.1 Å². The van der Waals surface area contributed by atoms with E-state index in [9.17, 15) is 4.79 Å². The minimum absolute atomic E-state index is 0.0167. The number of hydrogen-bond acceptors (Lipinski definition) is 7. The Morgan fingerprint density at radius 2 is 2.15 bits per heavy atom. The third-order valence-corrected chi connectivity index (χ3v) is 5.28. The number of hydrogen-bond donors (Lipinski definition) is 1. The number of rotatable bonds is 4. The van der Waals surface area contributed by atoms with Crippen molar-refractivity contribution in [3.63, 3.8) is 0 Å². The largest absolute Gasteiger partial charge is 0.304 e. The molecule has 0 bridgehead atoms. The highest BCUT2D eigenvalue weighted by Crippen LogP contribution is 2.30. The van der Waals surface area contributed by atoms with Crippen molar-refractivity contribution in [1.82, 2.24) is 15.5 Å². The van der Waals surface area contributed by atoms with Gasteiger partial charge < -0.3 is 5.32 Å². The number of amides is 1. The molecule has 1 saturated heterocycles. The fraction of sp³-hybridized carbons (Fsp3) is 0.167. The summed E-state index contributed by atoms with van der Waals surface area (Å²) in [6.45, 7) is 0. The molecule has 0 atom stereocenters. The van der Waals surface area contributed by atoms with Crippen LogP contribution >= 0.6 is 34.9 Å². The van der Waals surface area contributed by atoms with Crippen LogP contribution in [-0.2, 0) is 10.5 Å². The number of carbonyl (C=O) groups is 1. The monoisotopic (exact) mass is 322 g/mol. The molecule has 1 aromatic heterocycles. The summed E-state index contributed by atoms with van der Waals surface area (Å²) in [6.07, 6.45) is 0. The molecule has 1 aliphatic heterocycles. The molecule has 20 heavy (non-hydrogen) atoms. The summed E-state index contributed by atoms with van der Waals surface area (Å²) < 4.78 is 0.877. The van der Waals surface area contributed by atoms with Crippen molar-refractivity contribution in [2.24, 2.45) is 4.99 Å². The van der Waals surface area contributed by atoms with Gasteiger partial charge in [-0.3, -0.25) is 4.79 Å². The minimum Gasteiger partial charge on any atom is -0.304 e. The lowest BCUT2D eigenvalue weighted by Gasteiger charge is -1.96. The van der Waals surface area contributed by atoms with Crippen LogP contribution in [0.25, 0.3) is 0 Å². The van der Waals surface area contributed by atoms with Gasteiger partial charge in [-0.05, 0) is 5.56 Å². The smallest absolute Gasteiger partial charge is 0.236 e. The Hall–Kier alpha value is -1.38. The van der Waals surface area contributed by atoms with E-state index in [0.717, 1.165) is 10.1 Å². The van der Waals surface area contributed by atoms with E-state index in [0.29, 0.717) is 16.1 Å². The average molecular weight is 322 g/mol. The maximum Gasteiger partial charge on any atom is 0.236 e. The summed E-state index contributed by atoms with van der Waals surface area (Å²) in [5.74, 6) is 1.27. The zero-order valence-electron chi connectivity index (χ0n) is 10.3. The Morgan fingerprint density at radius 3 is 2.90 bits per heavy atom. The predicted molar refractivity (Wildman–Crippen MR) is 83.6 cm³/mol. The molecule has 2 heterocycles. The maximum atomic E-state index is 11.1. The first-order valence-electron chi connectivity index (χ1n) is 5.81. The van der Waals surface area contributed by atoms with E-state index >= 15 is 0 Å². The Balaban J connectivity index is 1.61. The van der Waals surface area contributed by atoms with Crippen molar-refractivity contribution < 1.29 is 4.79 Å². The first kappa shape index (κ1) is 13.6. The second kappa shape index (κ2) is 6.38. The van der Waals surface area contributed by atoms with E-state index in [1.54, 1.807) is 11.8 Å². The van der Waals surface area contributed by atoms with Crippen molar-refractivity contribution in [3.8, 4) is 0 Å². The predicted octanol–water partition coefficient (Wildman–Crippen LogP) is 2.68. The molecule has 2 aromatic rings. The summed E-state index contributed by atoms with van der Waals surface area (Å²) in [7, 11) is 0. The molecule has 1 aromatic carbocycles. The van der Waals surface area contributed by atoms with Gasteiger partial charge in [0.1, 0.15) is 0 Å². The lowest BCUT2D eigenvalue weighted by Crippen LogP contribution is -2.19. The number of aromatic nitrogens is 2. The molecule has 1 fully saturated rings. The van der Waals surface area contributed by atoms with Crippen molar-refractivity contribution in [1.29, 1.82) is 0 Å². The highest BCUT2D eigenvalue weighted by molar-refractivity contribution is 8.15. The molecule has 0 spiro atoms. The lowest BCUT2D eigenvalue weighted by atomic mass is 10.2. The summed E-state index contributed by atoms with van der Waals surface area (Å²) >= 11 is 4.45. The third kappa shape index (κ3) is 3.59. The second-order valence-corrected chi connectivity index (χ2v) is 7.02. The molecule has 0 aliphatic carbocycles. The summed E-state index contributed by atoms with van der Waals surface area (Å²) in [5, 5.41) is 12.0. The quantitative estimate of drug-likeness (QED) is 0.877. The van der Waals surface area contributed by atoms with Gasteiger partial charge >= 0.3 is 0 Å². The molecular formula is C12H10N4OS3. The van der Waals surface area contributed by atoms with Crippen LogP contribution in [0.2, 0.25) is 0 Å². The van der Waals surface area contributed by atoms with E-state index in [2.05, 4.69) is 32.6 Å². The van der Waals surface area contributed by atoms with Gasteiger partial charge in [0.15, 0.2) is 9.51 Å². The van der Waals surface area contributed by atoms with Crippen LogP contribution in [0.1, 0.15) is 5.56 Å². The molecule has 1 N–H and O–H groups in total. The molecule has 0 saturated carbocycles. The van der Waals surface area contributed by atoms with Crippen molar-refractivity contribution in [3.05, 3.63) is 35.9 Å². The minimum atomic E-state index is -0.0167. The van der Waals surface area contributed by atoms with Crippen LogP contribution in [0.4, 0.5) is 5.13 Å².